The first-order valence-electron chi connectivity index (χ1n) is 6.22. The fourth-order valence-electron chi connectivity index (χ4n) is 2.05. The molecule has 0 saturated carbocycles. The van der Waals surface area contributed by atoms with Crippen molar-refractivity contribution >= 4 is 33.3 Å². The number of aliphatic carboxylic acids is 1. The highest BCUT2D eigenvalue weighted by Gasteiger charge is 2.16. The van der Waals surface area contributed by atoms with Crippen LogP contribution in [0.3, 0.4) is 0 Å². The van der Waals surface area contributed by atoms with Gasteiger partial charge in [0.05, 0.1) is 11.8 Å². The highest BCUT2D eigenvalue weighted by atomic mass is 32.1. The molecule has 0 amide bonds. The Morgan fingerprint density at radius 1 is 1.42 bits per heavy atom. The molecule has 102 valence electrons. The van der Waals surface area contributed by atoms with Gasteiger partial charge in [0.25, 0.3) is 0 Å². The lowest BCUT2D eigenvalue weighted by molar-refractivity contribution is -0.136. The lowest BCUT2D eigenvalue weighted by Crippen LogP contribution is -2.26. The van der Waals surface area contributed by atoms with Gasteiger partial charge in [-0.3, -0.25) is 4.79 Å². The van der Waals surface area contributed by atoms with Gasteiger partial charge in [0.1, 0.15) is 17.0 Å². The summed E-state index contributed by atoms with van der Waals surface area (Å²) in [7, 11) is 0. The number of rotatable bonds is 5. The van der Waals surface area contributed by atoms with Crippen molar-refractivity contribution < 1.29 is 9.90 Å². The minimum atomic E-state index is -0.790. The molecule has 0 radical (unpaired) electrons. The van der Waals surface area contributed by atoms with Crippen molar-refractivity contribution in [1.29, 1.82) is 0 Å². The number of carbonyl (C=O) groups is 1. The zero-order valence-corrected chi connectivity index (χ0v) is 12.1. The average molecular weight is 279 g/mol. The summed E-state index contributed by atoms with van der Waals surface area (Å²) >= 11 is 1.65. The Kier molecular flexibility index (Phi) is 3.99. The summed E-state index contributed by atoms with van der Waals surface area (Å²) in [6, 6.07) is 0. The number of fused-ring (bicyclic) bond motifs is 1. The molecule has 0 aromatic carbocycles. The van der Waals surface area contributed by atoms with Crippen LogP contribution in [-0.2, 0) is 4.79 Å². The molecule has 0 fully saturated rings. The Morgan fingerprint density at radius 3 is 2.79 bits per heavy atom. The molecule has 2 rings (SSSR count). The number of nitrogens with zero attached hydrogens (tertiary/aromatic N) is 3. The van der Waals surface area contributed by atoms with Crippen LogP contribution >= 0.6 is 11.3 Å². The largest absolute Gasteiger partial charge is 0.481 e. The lowest BCUT2D eigenvalue weighted by Gasteiger charge is -2.21. The van der Waals surface area contributed by atoms with Crippen LogP contribution in [0.4, 0.5) is 5.82 Å². The summed E-state index contributed by atoms with van der Waals surface area (Å²) < 4.78 is 0. The SMILES string of the molecule is CCN(CCC(=O)O)c1ncnc2sc(C)c(C)c12. The predicted molar refractivity (Wildman–Crippen MR) is 77.0 cm³/mol. The molecule has 0 aliphatic carbocycles. The van der Waals surface area contributed by atoms with Crippen LogP contribution in [0.2, 0.25) is 0 Å². The molecule has 0 saturated heterocycles. The standard InChI is InChI=1S/C13H17N3O2S/c1-4-16(6-5-10(17)18)12-11-8(2)9(3)19-13(11)15-7-14-12/h7H,4-6H2,1-3H3,(H,17,18). The van der Waals surface area contributed by atoms with Crippen molar-refractivity contribution in [3.05, 3.63) is 16.8 Å². The Balaban J connectivity index is 2.44. The van der Waals surface area contributed by atoms with E-state index in [-0.39, 0.29) is 6.42 Å². The number of hydrogen-bond acceptors (Lipinski definition) is 5. The van der Waals surface area contributed by atoms with Gasteiger partial charge in [-0.05, 0) is 26.3 Å². The first-order chi connectivity index (χ1) is 9.04. The zero-order valence-electron chi connectivity index (χ0n) is 11.3. The predicted octanol–water partition coefficient (Wildman–Crippen LogP) is 2.61. The topological polar surface area (TPSA) is 66.3 Å². The molecule has 0 aliphatic rings. The molecule has 0 unspecified atom stereocenters. The molecule has 0 aliphatic heterocycles. The number of aromatic nitrogens is 2. The summed E-state index contributed by atoms with van der Waals surface area (Å²) in [6.07, 6.45) is 1.66. The van der Waals surface area contributed by atoms with Crippen LogP contribution < -0.4 is 4.90 Å². The first kappa shape index (κ1) is 13.7. The second-order valence-corrected chi connectivity index (χ2v) is 5.59. The summed E-state index contributed by atoms with van der Waals surface area (Å²) in [6.45, 7) is 7.33. The number of aryl methyl sites for hydroxylation is 2. The first-order valence-corrected chi connectivity index (χ1v) is 7.03. The van der Waals surface area contributed by atoms with Gasteiger partial charge in [-0.15, -0.1) is 11.3 Å². The number of anilines is 1. The van der Waals surface area contributed by atoms with E-state index in [9.17, 15) is 4.79 Å². The summed E-state index contributed by atoms with van der Waals surface area (Å²) in [5.41, 5.74) is 1.18. The van der Waals surface area contributed by atoms with Crippen molar-refractivity contribution in [1.82, 2.24) is 9.97 Å². The Morgan fingerprint density at radius 2 is 2.16 bits per heavy atom. The van der Waals surface area contributed by atoms with Gasteiger partial charge < -0.3 is 10.0 Å². The van der Waals surface area contributed by atoms with E-state index in [1.807, 2.05) is 11.8 Å². The van der Waals surface area contributed by atoms with Gasteiger partial charge in [-0.1, -0.05) is 0 Å². The van der Waals surface area contributed by atoms with Crippen molar-refractivity contribution in [2.45, 2.75) is 27.2 Å². The molecule has 0 bridgehead atoms. The fourth-order valence-corrected chi connectivity index (χ4v) is 3.04. The average Bonchev–Trinajstić information content (AvgIpc) is 2.66. The number of thiophene rings is 1. The number of carboxylic acids is 1. The summed E-state index contributed by atoms with van der Waals surface area (Å²) in [4.78, 5) is 23.6. The Bertz CT molecular complexity index is 609. The molecule has 2 aromatic heterocycles. The van der Waals surface area contributed by atoms with E-state index in [0.29, 0.717) is 6.54 Å². The monoisotopic (exact) mass is 279 g/mol. The molecular weight excluding hydrogens is 262 g/mol. The maximum Gasteiger partial charge on any atom is 0.305 e. The van der Waals surface area contributed by atoms with Gasteiger partial charge in [0.15, 0.2) is 0 Å². The van der Waals surface area contributed by atoms with Gasteiger partial charge in [0, 0.05) is 18.0 Å². The fraction of sp³-hybridized carbons (Fsp3) is 0.462. The van der Waals surface area contributed by atoms with Gasteiger partial charge in [-0.25, -0.2) is 9.97 Å². The summed E-state index contributed by atoms with van der Waals surface area (Å²) in [5, 5.41) is 9.87. The molecule has 19 heavy (non-hydrogen) atoms. The van der Waals surface area contributed by atoms with Crippen LogP contribution in [0.15, 0.2) is 6.33 Å². The second-order valence-electron chi connectivity index (χ2n) is 4.38. The molecular formula is C13H17N3O2S. The van der Waals surface area contributed by atoms with Crippen LogP contribution in [-0.4, -0.2) is 34.1 Å². The van der Waals surface area contributed by atoms with Crippen molar-refractivity contribution in [2.24, 2.45) is 0 Å². The highest BCUT2D eigenvalue weighted by molar-refractivity contribution is 7.18. The second kappa shape index (κ2) is 5.52. The molecule has 0 spiro atoms. The maximum atomic E-state index is 10.7. The Labute approximate surface area is 115 Å². The van der Waals surface area contributed by atoms with Gasteiger partial charge in [0.2, 0.25) is 0 Å². The third kappa shape index (κ3) is 2.68. The van der Waals surface area contributed by atoms with E-state index >= 15 is 0 Å². The normalized spacial score (nSPS) is 10.9. The van der Waals surface area contributed by atoms with E-state index in [1.54, 1.807) is 17.7 Å². The van der Waals surface area contributed by atoms with Crippen molar-refractivity contribution in [3.8, 4) is 0 Å². The van der Waals surface area contributed by atoms with E-state index in [0.717, 1.165) is 22.6 Å². The number of carboxylic acid groups (broad SMARTS) is 1. The van der Waals surface area contributed by atoms with E-state index < -0.39 is 5.97 Å². The van der Waals surface area contributed by atoms with Crippen molar-refractivity contribution in [3.63, 3.8) is 0 Å². The van der Waals surface area contributed by atoms with Gasteiger partial charge in [-0.2, -0.15) is 0 Å². The van der Waals surface area contributed by atoms with E-state index in [2.05, 4.69) is 23.8 Å². The molecule has 0 atom stereocenters. The molecule has 2 aromatic rings. The number of hydrogen-bond donors (Lipinski definition) is 1. The molecule has 6 heteroatoms. The third-order valence-corrected chi connectivity index (χ3v) is 4.34. The Hall–Kier alpha value is -1.69. The van der Waals surface area contributed by atoms with Crippen LogP contribution in [0, 0.1) is 13.8 Å². The van der Waals surface area contributed by atoms with Crippen LogP contribution in [0.1, 0.15) is 23.8 Å². The van der Waals surface area contributed by atoms with Crippen molar-refractivity contribution in [2.75, 3.05) is 18.0 Å². The van der Waals surface area contributed by atoms with E-state index in [1.165, 1.54) is 10.4 Å². The highest BCUT2D eigenvalue weighted by Crippen LogP contribution is 2.34. The van der Waals surface area contributed by atoms with Gasteiger partial charge >= 0.3 is 5.97 Å². The molecule has 5 nitrogen and oxygen atoms in total. The lowest BCUT2D eigenvalue weighted by atomic mass is 10.2. The molecule has 1 N–H and O–H groups in total. The summed E-state index contributed by atoms with van der Waals surface area (Å²) in [5.74, 6) is 0.0533. The zero-order chi connectivity index (χ0) is 14.0. The third-order valence-electron chi connectivity index (χ3n) is 3.22. The molecule has 2 heterocycles. The quantitative estimate of drug-likeness (QED) is 0.911. The van der Waals surface area contributed by atoms with E-state index in [4.69, 9.17) is 5.11 Å². The maximum absolute atomic E-state index is 10.7. The smallest absolute Gasteiger partial charge is 0.305 e. The minimum absolute atomic E-state index is 0.113. The van der Waals surface area contributed by atoms with Crippen LogP contribution in [0.25, 0.3) is 10.2 Å². The van der Waals surface area contributed by atoms with Crippen LogP contribution in [0.5, 0.6) is 0 Å². The minimum Gasteiger partial charge on any atom is -0.481 e.